The van der Waals surface area contributed by atoms with Crippen molar-refractivity contribution in [3.8, 4) is 17.2 Å². The van der Waals surface area contributed by atoms with Crippen LogP contribution in [-0.2, 0) is 9.59 Å². The summed E-state index contributed by atoms with van der Waals surface area (Å²) in [6.45, 7) is 4.10. The van der Waals surface area contributed by atoms with Gasteiger partial charge in [0.1, 0.15) is 19.0 Å². The molecule has 0 aliphatic carbocycles. The first-order chi connectivity index (χ1) is 12.5. The number of amides is 2. The number of hydrogen-bond acceptors (Lipinski definition) is 5. The average Bonchev–Trinajstić information content (AvgIpc) is 2.62. The molecule has 2 N–H and O–H groups in total. The number of ether oxygens (including phenoxy) is 3. The molecule has 7 heteroatoms. The molecule has 0 bridgehead atoms. The summed E-state index contributed by atoms with van der Waals surface area (Å²) in [5.41, 5.74) is 1.27. The Morgan fingerprint density at radius 1 is 0.962 bits per heavy atom. The van der Waals surface area contributed by atoms with Crippen molar-refractivity contribution in [2.75, 3.05) is 23.8 Å². The summed E-state index contributed by atoms with van der Waals surface area (Å²) >= 11 is 0. The first-order valence-corrected chi connectivity index (χ1v) is 8.26. The molecule has 1 heterocycles. The van der Waals surface area contributed by atoms with E-state index in [4.69, 9.17) is 14.2 Å². The smallest absolute Gasteiger partial charge is 0.265 e. The quantitative estimate of drug-likeness (QED) is 0.860. The summed E-state index contributed by atoms with van der Waals surface area (Å²) in [6.07, 6.45) is -0.699. The molecule has 2 aromatic rings. The highest BCUT2D eigenvalue weighted by molar-refractivity contribution is 5.94. The first kappa shape index (κ1) is 17.6. The van der Waals surface area contributed by atoms with Gasteiger partial charge in [-0.2, -0.15) is 0 Å². The first-order valence-electron chi connectivity index (χ1n) is 8.26. The highest BCUT2D eigenvalue weighted by atomic mass is 16.6. The van der Waals surface area contributed by atoms with Crippen molar-refractivity contribution in [1.29, 1.82) is 0 Å². The fourth-order valence-corrected chi connectivity index (χ4v) is 2.44. The number of carbonyl (C=O) groups is 2. The van der Waals surface area contributed by atoms with Crippen molar-refractivity contribution in [2.24, 2.45) is 0 Å². The van der Waals surface area contributed by atoms with Crippen LogP contribution in [0.15, 0.2) is 42.5 Å². The highest BCUT2D eigenvalue weighted by Gasteiger charge is 2.17. The molecule has 26 heavy (non-hydrogen) atoms. The molecule has 7 nitrogen and oxygen atoms in total. The Bertz CT molecular complexity index is 804. The van der Waals surface area contributed by atoms with Crippen LogP contribution in [0.25, 0.3) is 0 Å². The van der Waals surface area contributed by atoms with Crippen LogP contribution in [0.4, 0.5) is 11.4 Å². The summed E-state index contributed by atoms with van der Waals surface area (Å²) < 4.78 is 16.6. The van der Waals surface area contributed by atoms with Gasteiger partial charge in [0.2, 0.25) is 5.91 Å². The van der Waals surface area contributed by atoms with E-state index in [1.54, 1.807) is 49.4 Å². The monoisotopic (exact) mass is 356 g/mol. The Balaban J connectivity index is 1.58. The molecular formula is C19H20N2O5. The Hall–Kier alpha value is -3.22. The van der Waals surface area contributed by atoms with Crippen LogP contribution in [0.5, 0.6) is 17.2 Å². The van der Waals surface area contributed by atoms with Crippen LogP contribution in [0.1, 0.15) is 13.8 Å². The third-order valence-electron chi connectivity index (χ3n) is 3.67. The van der Waals surface area contributed by atoms with E-state index in [0.29, 0.717) is 41.8 Å². The average molecular weight is 356 g/mol. The van der Waals surface area contributed by atoms with Crippen molar-refractivity contribution in [2.45, 2.75) is 20.0 Å². The molecule has 0 radical (unpaired) electrons. The second-order valence-electron chi connectivity index (χ2n) is 5.81. The molecule has 0 saturated carbocycles. The predicted octanol–water partition coefficient (Wildman–Crippen LogP) is 2.82. The molecule has 0 fully saturated rings. The zero-order chi connectivity index (χ0) is 18.5. The Morgan fingerprint density at radius 3 is 2.31 bits per heavy atom. The van der Waals surface area contributed by atoms with E-state index in [1.807, 2.05) is 0 Å². The standard InChI is InChI=1S/C19H20N2O5/c1-12(26-16-6-3-14(4-7-16)20-13(2)22)19(23)21-15-5-8-17-18(11-15)25-10-9-24-17/h3-8,11-12H,9-10H2,1-2H3,(H,20,22)(H,21,23)/t12-/m1/s1. The van der Waals surface area contributed by atoms with Gasteiger partial charge >= 0.3 is 0 Å². The summed E-state index contributed by atoms with van der Waals surface area (Å²) in [5, 5.41) is 5.46. The Kier molecular flexibility index (Phi) is 5.26. The van der Waals surface area contributed by atoms with Crippen molar-refractivity contribution >= 4 is 23.2 Å². The largest absolute Gasteiger partial charge is 0.486 e. The molecule has 2 aromatic carbocycles. The molecule has 0 unspecified atom stereocenters. The molecule has 2 amide bonds. The lowest BCUT2D eigenvalue weighted by Crippen LogP contribution is -2.30. The molecule has 0 spiro atoms. The molecule has 0 aromatic heterocycles. The Labute approximate surface area is 151 Å². The summed E-state index contributed by atoms with van der Waals surface area (Å²) in [6, 6.07) is 12.0. The normalized spacial score (nSPS) is 13.5. The SMILES string of the molecule is CC(=O)Nc1ccc(O[C@H](C)C(=O)Nc2ccc3c(c2)OCCO3)cc1. The van der Waals surface area contributed by atoms with Crippen LogP contribution in [-0.4, -0.2) is 31.1 Å². The lowest BCUT2D eigenvalue weighted by molar-refractivity contribution is -0.122. The number of nitrogens with one attached hydrogen (secondary N) is 2. The molecule has 1 aliphatic heterocycles. The number of rotatable bonds is 5. The van der Waals surface area contributed by atoms with Crippen LogP contribution >= 0.6 is 0 Å². The summed E-state index contributed by atoms with van der Waals surface area (Å²) in [7, 11) is 0. The van der Waals surface area contributed by atoms with E-state index >= 15 is 0 Å². The van der Waals surface area contributed by atoms with E-state index in [1.165, 1.54) is 6.92 Å². The lowest BCUT2D eigenvalue weighted by Gasteiger charge is -2.20. The van der Waals surface area contributed by atoms with Gasteiger partial charge in [0.15, 0.2) is 17.6 Å². The van der Waals surface area contributed by atoms with Crippen molar-refractivity contribution < 1.29 is 23.8 Å². The predicted molar refractivity (Wildman–Crippen MR) is 96.9 cm³/mol. The van der Waals surface area contributed by atoms with Crippen LogP contribution in [0.2, 0.25) is 0 Å². The minimum Gasteiger partial charge on any atom is -0.486 e. The fraction of sp³-hybridized carbons (Fsp3) is 0.263. The van der Waals surface area contributed by atoms with Crippen LogP contribution in [0.3, 0.4) is 0 Å². The topological polar surface area (TPSA) is 85.9 Å². The number of benzene rings is 2. The van der Waals surface area contributed by atoms with Gasteiger partial charge in [-0.3, -0.25) is 9.59 Å². The van der Waals surface area contributed by atoms with Gasteiger partial charge in [0, 0.05) is 24.4 Å². The zero-order valence-corrected chi connectivity index (χ0v) is 14.6. The number of hydrogen-bond donors (Lipinski definition) is 2. The van der Waals surface area contributed by atoms with Crippen molar-refractivity contribution in [1.82, 2.24) is 0 Å². The molecule has 3 rings (SSSR count). The van der Waals surface area contributed by atoms with Crippen molar-refractivity contribution in [3.63, 3.8) is 0 Å². The maximum Gasteiger partial charge on any atom is 0.265 e. The van der Waals surface area contributed by atoms with Gasteiger partial charge in [-0.05, 0) is 43.3 Å². The molecule has 1 aliphatic rings. The molecule has 1 atom stereocenters. The summed E-state index contributed by atoms with van der Waals surface area (Å²) in [4.78, 5) is 23.3. The summed E-state index contributed by atoms with van der Waals surface area (Å²) in [5.74, 6) is 1.37. The molecule has 136 valence electrons. The minimum atomic E-state index is -0.699. The van der Waals surface area contributed by atoms with Crippen molar-refractivity contribution in [3.05, 3.63) is 42.5 Å². The number of carbonyl (C=O) groups excluding carboxylic acids is 2. The third-order valence-corrected chi connectivity index (χ3v) is 3.67. The molecular weight excluding hydrogens is 336 g/mol. The third kappa shape index (κ3) is 4.44. The highest BCUT2D eigenvalue weighted by Crippen LogP contribution is 2.32. The van der Waals surface area contributed by atoms with E-state index in [9.17, 15) is 9.59 Å². The zero-order valence-electron chi connectivity index (χ0n) is 14.6. The fourth-order valence-electron chi connectivity index (χ4n) is 2.44. The van der Waals surface area contributed by atoms with Gasteiger partial charge in [0.25, 0.3) is 5.91 Å². The molecule has 0 saturated heterocycles. The number of fused-ring (bicyclic) bond motifs is 1. The van der Waals surface area contributed by atoms with E-state index in [0.717, 1.165) is 0 Å². The second kappa shape index (κ2) is 7.77. The van der Waals surface area contributed by atoms with Gasteiger partial charge < -0.3 is 24.8 Å². The van der Waals surface area contributed by atoms with Gasteiger partial charge in [0.05, 0.1) is 0 Å². The van der Waals surface area contributed by atoms with E-state index in [2.05, 4.69) is 10.6 Å². The van der Waals surface area contributed by atoms with E-state index < -0.39 is 6.10 Å². The lowest BCUT2D eigenvalue weighted by atomic mass is 10.2. The van der Waals surface area contributed by atoms with Crippen LogP contribution in [0, 0.1) is 0 Å². The van der Waals surface area contributed by atoms with Gasteiger partial charge in [-0.15, -0.1) is 0 Å². The van der Waals surface area contributed by atoms with E-state index in [-0.39, 0.29) is 11.8 Å². The van der Waals surface area contributed by atoms with Crippen LogP contribution < -0.4 is 24.8 Å². The Morgan fingerprint density at radius 2 is 1.62 bits per heavy atom. The van der Waals surface area contributed by atoms with Gasteiger partial charge in [-0.25, -0.2) is 0 Å². The minimum absolute atomic E-state index is 0.147. The second-order valence-corrected chi connectivity index (χ2v) is 5.81. The van der Waals surface area contributed by atoms with Gasteiger partial charge in [-0.1, -0.05) is 0 Å². The number of anilines is 2. The maximum atomic E-state index is 12.3. The maximum absolute atomic E-state index is 12.3.